The Morgan fingerprint density at radius 2 is 1.73 bits per heavy atom. The van der Waals surface area contributed by atoms with E-state index in [4.69, 9.17) is 0 Å². The van der Waals surface area contributed by atoms with E-state index in [2.05, 4.69) is 56.8 Å². The number of hydrogen-bond donors (Lipinski definition) is 1. The fraction of sp³-hybridized carbons (Fsp3) is 0.250. The molecule has 0 saturated carbocycles. The Morgan fingerprint density at radius 3 is 2.47 bits per heavy atom. The maximum absolute atomic E-state index is 12.6. The fourth-order valence-corrected chi connectivity index (χ4v) is 3.75. The van der Waals surface area contributed by atoms with Crippen molar-refractivity contribution in [1.29, 1.82) is 0 Å². The van der Waals surface area contributed by atoms with Gasteiger partial charge in [0.1, 0.15) is 6.33 Å². The second-order valence-electron chi connectivity index (χ2n) is 7.51. The van der Waals surface area contributed by atoms with Gasteiger partial charge < -0.3 is 5.32 Å². The van der Waals surface area contributed by atoms with Crippen molar-refractivity contribution < 1.29 is 4.79 Å². The Morgan fingerprint density at radius 1 is 1.03 bits per heavy atom. The van der Waals surface area contributed by atoms with Crippen molar-refractivity contribution in [2.24, 2.45) is 0 Å². The van der Waals surface area contributed by atoms with E-state index in [-0.39, 0.29) is 11.9 Å². The lowest BCUT2D eigenvalue weighted by Gasteiger charge is -2.16. The minimum atomic E-state index is -0.0552. The second kappa shape index (κ2) is 8.45. The molecule has 0 saturated heterocycles. The van der Waals surface area contributed by atoms with E-state index in [9.17, 15) is 4.79 Å². The lowest BCUT2D eigenvalue weighted by molar-refractivity contribution is -0.121. The van der Waals surface area contributed by atoms with Crippen LogP contribution in [-0.4, -0.2) is 25.5 Å². The number of amides is 1. The summed E-state index contributed by atoms with van der Waals surface area (Å²) in [7, 11) is 0. The van der Waals surface area contributed by atoms with Gasteiger partial charge in [0.25, 0.3) is 5.78 Å². The van der Waals surface area contributed by atoms with Gasteiger partial charge in [-0.2, -0.15) is 10.1 Å². The van der Waals surface area contributed by atoms with Crippen molar-refractivity contribution in [3.05, 3.63) is 83.4 Å². The van der Waals surface area contributed by atoms with Crippen molar-refractivity contribution in [1.82, 2.24) is 24.9 Å². The van der Waals surface area contributed by atoms with Crippen LogP contribution in [0.4, 0.5) is 0 Å². The van der Waals surface area contributed by atoms with Crippen molar-refractivity contribution in [3.8, 4) is 11.1 Å². The van der Waals surface area contributed by atoms with Gasteiger partial charge in [-0.05, 0) is 49.4 Å². The molecule has 0 aliphatic rings. The first-order valence-electron chi connectivity index (χ1n) is 10.1. The summed E-state index contributed by atoms with van der Waals surface area (Å²) in [6.07, 6.45) is 2.51. The van der Waals surface area contributed by atoms with Crippen LogP contribution in [0.3, 0.4) is 0 Å². The molecule has 152 valence electrons. The van der Waals surface area contributed by atoms with Crippen LogP contribution in [0.1, 0.15) is 41.9 Å². The first-order valence-corrected chi connectivity index (χ1v) is 10.1. The fourth-order valence-electron chi connectivity index (χ4n) is 3.75. The molecule has 6 nitrogen and oxygen atoms in total. The van der Waals surface area contributed by atoms with Gasteiger partial charge in [-0.3, -0.25) is 4.79 Å². The monoisotopic (exact) mass is 399 g/mol. The predicted molar refractivity (Wildman–Crippen MR) is 117 cm³/mol. The molecule has 0 bridgehead atoms. The number of hydrogen-bond acceptors (Lipinski definition) is 4. The number of nitrogens with zero attached hydrogens (tertiary/aromatic N) is 4. The summed E-state index contributed by atoms with van der Waals surface area (Å²) in [6.45, 7) is 5.95. The summed E-state index contributed by atoms with van der Waals surface area (Å²) >= 11 is 0. The van der Waals surface area contributed by atoms with E-state index >= 15 is 0 Å². The lowest BCUT2D eigenvalue weighted by Crippen LogP contribution is -2.27. The van der Waals surface area contributed by atoms with Gasteiger partial charge in [-0.15, -0.1) is 0 Å². The molecular formula is C24H25N5O. The van der Waals surface area contributed by atoms with Crippen molar-refractivity contribution in [2.45, 2.75) is 39.7 Å². The van der Waals surface area contributed by atoms with Crippen LogP contribution in [0.25, 0.3) is 16.9 Å². The number of rotatable bonds is 6. The van der Waals surface area contributed by atoms with Crippen LogP contribution in [0.5, 0.6) is 0 Å². The van der Waals surface area contributed by atoms with E-state index < -0.39 is 0 Å². The summed E-state index contributed by atoms with van der Waals surface area (Å²) in [4.78, 5) is 21.2. The van der Waals surface area contributed by atoms with E-state index in [0.717, 1.165) is 22.5 Å². The molecule has 4 aromatic rings. The largest absolute Gasteiger partial charge is 0.350 e. The molecule has 30 heavy (non-hydrogen) atoms. The molecule has 0 radical (unpaired) electrons. The molecule has 4 rings (SSSR count). The third kappa shape index (κ3) is 4.08. The average molecular weight is 399 g/mol. The van der Waals surface area contributed by atoms with Crippen LogP contribution in [0.2, 0.25) is 0 Å². The number of aryl methyl sites for hydroxylation is 2. The van der Waals surface area contributed by atoms with Gasteiger partial charge in [0.05, 0.1) is 6.04 Å². The molecule has 0 aliphatic carbocycles. The number of nitrogens with one attached hydrogen (secondary N) is 1. The van der Waals surface area contributed by atoms with Crippen LogP contribution in [-0.2, 0) is 11.2 Å². The summed E-state index contributed by atoms with van der Waals surface area (Å²) in [6, 6.07) is 18.5. The molecule has 2 heterocycles. The highest BCUT2D eigenvalue weighted by atomic mass is 16.1. The van der Waals surface area contributed by atoms with Gasteiger partial charge in [0.2, 0.25) is 5.91 Å². The third-order valence-electron chi connectivity index (χ3n) is 5.49. The van der Waals surface area contributed by atoms with E-state index in [1.54, 1.807) is 4.52 Å². The molecule has 1 N–H and O–H groups in total. The van der Waals surface area contributed by atoms with E-state index in [1.165, 1.54) is 17.5 Å². The third-order valence-corrected chi connectivity index (χ3v) is 5.49. The highest BCUT2D eigenvalue weighted by Gasteiger charge is 2.14. The normalized spacial score (nSPS) is 12.1. The Labute approximate surface area is 176 Å². The van der Waals surface area contributed by atoms with Crippen LogP contribution in [0, 0.1) is 13.8 Å². The smallest absolute Gasteiger partial charge is 0.252 e. The van der Waals surface area contributed by atoms with Gasteiger partial charge in [0.15, 0.2) is 0 Å². The quantitative estimate of drug-likeness (QED) is 0.527. The predicted octanol–water partition coefficient (Wildman–Crippen LogP) is 4.22. The molecule has 0 aliphatic heterocycles. The highest BCUT2D eigenvalue weighted by molar-refractivity contribution is 5.76. The van der Waals surface area contributed by atoms with Crippen LogP contribution in [0.15, 0.2) is 60.9 Å². The Kier molecular flexibility index (Phi) is 5.57. The molecule has 0 fully saturated rings. The summed E-state index contributed by atoms with van der Waals surface area (Å²) < 4.78 is 1.72. The van der Waals surface area contributed by atoms with Crippen molar-refractivity contribution in [3.63, 3.8) is 0 Å². The van der Waals surface area contributed by atoms with Gasteiger partial charge in [0, 0.05) is 17.8 Å². The van der Waals surface area contributed by atoms with Gasteiger partial charge >= 0.3 is 0 Å². The van der Waals surface area contributed by atoms with Crippen molar-refractivity contribution >= 4 is 11.7 Å². The van der Waals surface area contributed by atoms with Gasteiger partial charge in [-0.25, -0.2) is 9.50 Å². The zero-order valence-corrected chi connectivity index (χ0v) is 17.5. The number of benzene rings is 2. The second-order valence-corrected chi connectivity index (χ2v) is 7.51. The highest BCUT2D eigenvalue weighted by Crippen LogP contribution is 2.22. The zero-order valence-electron chi connectivity index (χ0n) is 17.5. The Bertz CT molecular complexity index is 1170. The Hall–Kier alpha value is -3.54. The molecular weight excluding hydrogens is 374 g/mol. The molecule has 2 aromatic heterocycles. The standard InChI is InChI=1S/C24H25N5O/c1-16(19-9-11-21(12-10-19)20-7-5-4-6-8-20)27-23(30)14-13-22-17(2)28-24-25-15-26-29(24)18(22)3/h4-12,15-16H,13-14H2,1-3H3,(H,27,30). The SMILES string of the molecule is Cc1nc2ncnn2c(C)c1CCC(=O)NC(C)c1ccc(-c2ccccc2)cc1. The minimum absolute atomic E-state index is 0.0205. The van der Waals surface area contributed by atoms with E-state index in [1.807, 2.05) is 39.0 Å². The number of carbonyl (C=O) groups excluding carboxylic acids is 1. The molecule has 1 atom stereocenters. The Balaban J connectivity index is 1.38. The molecule has 0 spiro atoms. The van der Waals surface area contributed by atoms with Crippen molar-refractivity contribution in [2.75, 3.05) is 0 Å². The number of aromatic nitrogens is 4. The van der Waals surface area contributed by atoms with E-state index in [0.29, 0.717) is 18.6 Å². The number of carbonyl (C=O) groups is 1. The maximum Gasteiger partial charge on any atom is 0.252 e. The van der Waals surface area contributed by atoms with Gasteiger partial charge in [-0.1, -0.05) is 54.6 Å². The summed E-state index contributed by atoms with van der Waals surface area (Å²) in [5, 5.41) is 7.31. The molecule has 2 aromatic carbocycles. The van der Waals surface area contributed by atoms with Crippen LogP contribution >= 0.6 is 0 Å². The number of fused-ring (bicyclic) bond motifs is 1. The first kappa shape index (κ1) is 19.8. The average Bonchev–Trinajstić information content (AvgIpc) is 3.23. The van der Waals surface area contributed by atoms with Crippen LogP contribution < -0.4 is 5.32 Å². The summed E-state index contributed by atoms with van der Waals surface area (Å²) in [5.74, 6) is 0.609. The first-order chi connectivity index (χ1) is 14.5. The topological polar surface area (TPSA) is 72.2 Å². The zero-order chi connectivity index (χ0) is 21.1. The summed E-state index contributed by atoms with van der Waals surface area (Å²) in [5.41, 5.74) is 6.35. The lowest BCUT2D eigenvalue weighted by atomic mass is 10.0. The minimum Gasteiger partial charge on any atom is -0.350 e. The molecule has 1 unspecified atom stereocenters. The molecule has 6 heteroatoms. The maximum atomic E-state index is 12.6. The molecule has 1 amide bonds.